The Hall–Kier alpha value is -3.59. The Morgan fingerprint density at radius 1 is 1.27 bits per heavy atom. The van der Waals surface area contributed by atoms with Crippen molar-refractivity contribution in [1.29, 1.82) is 0 Å². The third-order valence-electron chi connectivity index (χ3n) is 4.25. The average Bonchev–Trinajstić information content (AvgIpc) is 2.76. The van der Waals surface area contributed by atoms with Crippen molar-refractivity contribution in [3.8, 4) is 17.2 Å². The smallest absolute Gasteiger partial charge is 0.331 e. The van der Waals surface area contributed by atoms with E-state index in [1.165, 1.54) is 25.3 Å². The molecule has 0 fully saturated rings. The van der Waals surface area contributed by atoms with Crippen molar-refractivity contribution in [2.24, 2.45) is 0 Å². The van der Waals surface area contributed by atoms with Crippen LogP contribution in [0.5, 0.6) is 17.2 Å². The predicted octanol–water partition coefficient (Wildman–Crippen LogP) is 3.63. The fourth-order valence-corrected chi connectivity index (χ4v) is 2.92. The van der Waals surface area contributed by atoms with Crippen LogP contribution in [-0.4, -0.2) is 31.4 Å². The summed E-state index contributed by atoms with van der Waals surface area (Å²) in [5, 5.41) is 11.1. The molecule has 0 amide bonds. The molecule has 0 atom stereocenters. The number of fused-ring (bicyclic) bond motifs is 1. The molecule has 0 bridgehead atoms. The molecule has 0 aromatic heterocycles. The molecule has 30 heavy (non-hydrogen) atoms. The molecule has 1 aliphatic rings. The Kier molecular flexibility index (Phi) is 6.87. The highest BCUT2D eigenvalue weighted by Gasteiger charge is 2.21. The minimum atomic E-state index is -0.602. The minimum absolute atomic E-state index is 0.0330. The topological polar surface area (TPSA) is 106 Å². The molecule has 2 aromatic rings. The fraction of sp³-hybridized carbons (Fsp3) is 0.286. The number of methoxy groups -OCH3 is 1. The normalized spacial score (nSPS) is 12.7. The first kappa shape index (κ1) is 21.1. The van der Waals surface area contributed by atoms with Crippen LogP contribution in [0.1, 0.15) is 23.6 Å². The Morgan fingerprint density at radius 3 is 2.83 bits per heavy atom. The predicted molar refractivity (Wildman–Crippen MR) is 106 cm³/mol. The zero-order chi connectivity index (χ0) is 21.5. The molecule has 0 aliphatic carbocycles. The van der Waals surface area contributed by atoms with Crippen molar-refractivity contribution in [2.45, 2.75) is 20.1 Å². The van der Waals surface area contributed by atoms with Crippen LogP contribution in [0.15, 0.2) is 36.4 Å². The highest BCUT2D eigenvalue weighted by atomic mass is 16.7. The van der Waals surface area contributed by atoms with Gasteiger partial charge in [0.15, 0.2) is 18.3 Å². The van der Waals surface area contributed by atoms with E-state index in [-0.39, 0.29) is 25.7 Å². The maximum atomic E-state index is 12.1. The molecule has 9 heteroatoms. The number of nitro groups is 1. The van der Waals surface area contributed by atoms with Gasteiger partial charge < -0.3 is 23.7 Å². The Bertz CT molecular complexity index is 970. The number of benzene rings is 2. The summed E-state index contributed by atoms with van der Waals surface area (Å²) < 4.78 is 26.6. The Morgan fingerprint density at radius 2 is 2.10 bits per heavy atom. The van der Waals surface area contributed by atoms with Gasteiger partial charge in [-0.15, -0.1) is 0 Å². The summed E-state index contributed by atoms with van der Waals surface area (Å²) in [7, 11) is 1.53. The highest BCUT2D eigenvalue weighted by molar-refractivity contribution is 5.87. The van der Waals surface area contributed by atoms with E-state index in [9.17, 15) is 14.9 Å². The number of nitrogens with zero attached hydrogens (tertiary/aromatic N) is 1. The monoisotopic (exact) mass is 415 g/mol. The van der Waals surface area contributed by atoms with Crippen molar-refractivity contribution in [3.05, 3.63) is 63.2 Å². The van der Waals surface area contributed by atoms with Gasteiger partial charge in [-0.3, -0.25) is 10.1 Å². The van der Waals surface area contributed by atoms with Crippen molar-refractivity contribution in [3.63, 3.8) is 0 Å². The third kappa shape index (κ3) is 5.06. The SMILES string of the molecule is CCOc1ccc(/C=C/C(=O)OCc2cc([N+](=O)[O-])cc3c2OCOC3)cc1OC. The Balaban J connectivity index is 1.69. The molecular weight excluding hydrogens is 394 g/mol. The first-order chi connectivity index (χ1) is 14.5. The number of rotatable bonds is 8. The Labute approximate surface area is 172 Å². The van der Waals surface area contributed by atoms with Gasteiger partial charge in [0.25, 0.3) is 5.69 Å². The van der Waals surface area contributed by atoms with Crippen LogP contribution in [-0.2, 0) is 27.5 Å². The summed E-state index contributed by atoms with van der Waals surface area (Å²) in [6.07, 6.45) is 2.84. The molecule has 0 saturated heterocycles. The number of carbonyl (C=O) groups is 1. The molecule has 0 spiro atoms. The summed E-state index contributed by atoms with van der Waals surface area (Å²) in [6.45, 7) is 2.44. The lowest BCUT2D eigenvalue weighted by molar-refractivity contribution is -0.385. The van der Waals surface area contributed by atoms with E-state index in [0.717, 1.165) is 5.56 Å². The van der Waals surface area contributed by atoms with E-state index in [4.69, 9.17) is 23.7 Å². The van der Waals surface area contributed by atoms with Crippen LogP contribution in [0.25, 0.3) is 6.08 Å². The lowest BCUT2D eigenvalue weighted by Crippen LogP contribution is -2.14. The van der Waals surface area contributed by atoms with Gasteiger partial charge in [0.05, 0.1) is 25.2 Å². The fourth-order valence-electron chi connectivity index (χ4n) is 2.92. The number of esters is 1. The molecule has 158 valence electrons. The maximum absolute atomic E-state index is 12.1. The number of hydrogen-bond acceptors (Lipinski definition) is 8. The van der Waals surface area contributed by atoms with Crippen molar-refractivity contribution in [2.75, 3.05) is 20.5 Å². The van der Waals surface area contributed by atoms with Gasteiger partial charge in [0.2, 0.25) is 0 Å². The van der Waals surface area contributed by atoms with Crippen molar-refractivity contribution >= 4 is 17.7 Å². The van der Waals surface area contributed by atoms with Crippen LogP contribution in [0, 0.1) is 10.1 Å². The molecule has 2 aromatic carbocycles. The molecule has 3 rings (SSSR count). The molecule has 0 saturated carbocycles. The van der Waals surface area contributed by atoms with Crippen LogP contribution in [0.3, 0.4) is 0 Å². The second-order valence-electron chi connectivity index (χ2n) is 6.25. The lowest BCUT2D eigenvalue weighted by Gasteiger charge is -2.20. The highest BCUT2D eigenvalue weighted by Crippen LogP contribution is 2.33. The van der Waals surface area contributed by atoms with E-state index >= 15 is 0 Å². The van der Waals surface area contributed by atoms with Gasteiger partial charge in [-0.1, -0.05) is 6.07 Å². The zero-order valence-corrected chi connectivity index (χ0v) is 16.6. The molecular formula is C21H21NO8. The van der Waals surface area contributed by atoms with Gasteiger partial charge in [-0.05, 0) is 30.7 Å². The van der Waals surface area contributed by atoms with Gasteiger partial charge >= 0.3 is 5.97 Å². The number of ether oxygens (including phenoxy) is 5. The number of carbonyl (C=O) groups excluding carboxylic acids is 1. The zero-order valence-electron chi connectivity index (χ0n) is 16.6. The second-order valence-corrected chi connectivity index (χ2v) is 6.25. The minimum Gasteiger partial charge on any atom is -0.493 e. The van der Waals surface area contributed by atoms with Crippen LogP contribution >= 0.6 is 0 Å². The standard InChI is InChI=1S/C21H21NO8/c1-3-28-18-6-4-14(8-19(18)26-2)5-7-20(23)29-12-16-10-17(22(24)25)9-15-11-27-13-30-21(15)16/h4-10H,3,11-13H2,1-2H3/b7-5+. The van der Waals surface area contributed by atoms with Gasteiger partial charge in [-0.25, -0.2) is 4.79 Å². The number of nitro benzene ring substituents is 1. The molecule has 9 nitrogen and oxygen atoms in total. The number of hydrogen-bond donors (Lipinski definition) is 0. The van der Waals surface area contributed by atoms with E-state index in [2.05, 4.69) is 0 Å². The van der Waals surface area contributed by atoms with E-state index in [0.29, 0.717) is 35.0 Å². The second kappa shape index (κ2) is 9.75. The molecule has 1 aliphatic heterocycles. The van der Waals surface area contributed by atoms with Crippen LogP contribution in [0.4, 0.5) is 5.69 Å². The molecule has 0 unspecified atom stereocenters. The molecule has 0 radical (unpaired) electrons. The molecule has 0 N–H and O–H groups in total. The summed E-state index contributed by atoms with van der Waals surface area (Å²) >= 11 is 0. The van der Waals surface area contributed by atoms with E-state index < -0.39 is 10.9 Å². The van der Waals surface area contributed by atoms with Gasteiger partial charge in [0, 0.05) is 29.3 Å². The maximum Gasteiger partial charge on any atom is 0.331 e. The molecule has 1 heterocycles. The van der Waals surface area contributed by atoms with Crippen molar-refractivity contribution in [1.82, 2.24) is 0 Å². The largest absolute Gasteiger partial charge is 0.493 e. The van der Waals surface area contributed by atoms with Crippen LogP contribution in [0.2, 0.25) is 0 Å². The first-order valence-corrected chi connectivity index (χ1v) is 9.18. The first-order valence-electron chi connectivity index (χ1n) is 9.18. The van der Waals surface area contributed by atoms with E-state index in [1.807, 2.05) is 6.92 Å². The average molecular weight is 415 g/mol. The summed E-state index contributed by atoms with van der Waals surface area (Å²) in [5.41, 5.74) is 1.55. The summed E-state index contributed by atoms with van der Waals surface area (Å²) in [6, 6.07) is 7.99. The van der Waals surface area contributed by atoms with Crippen molar-refractivity contribution < 1.29 is 33.4 Å². The summed E-state index contributed by atoms with van der Waals surface area (Å²) in [4.78, 5) is 22.8. The summed E-state index contributed by atoms with van der Waals surface area (Å²) in [5.74, 6) is 1.00. The number of non-ortho nitro benzene ring substituents is 1. The quantitative estimate of drug-likeness (QED) is 0.278. The van der Waals surface area contributed by atoms with Gasteiger partial charge in [0.1, 0.15) is 12.4 Å². The van der Waals surface area contributed by atoms with Crippen LogP contribution < -0.4 is 14.2 Å². The third-order valence-corrected chi connectivity index (χ3v) is 4.25. The van der Waals surface area contributed by atoms with E-state index in [1.54, 1.807) is 24.3 Å². The lowest BCUT2D eigenvalue weighted by atomic mass is 10.1. The van der Waals surface area contributed by atoms with Gasteiger partial charge in [-0.2, -0.15) is 0 Å².